The van der Waals surface area contributed by atoms with Crippen molar-refractivity contribution in [3.63, 3.8) is 0 Å². The second-order valence-corrected chi connectivity index (χ2v) is 5.19. The van der Waals surface area contributed by atoms with Crippen LogP contribution in [-0.4, -0.2) is 27.3 Å². The van der Waals surface area contributed by atoms with Gasteiger partial charge in [0, 0.05) is 5.69 Å². The molecule has 6 nitrogen and oxygen atoms in total. The molecule has 3 aromatic rings. The molecule has 0 saturated carbocycles. The lowest BCUT2D eigenvalue weighted by molar-refractivity contribution is -0.115. The molecule has 0 fully saturated rings. The van der Waals surface area contributed by atoms with E-state index >= 15 is 0 Å². The highest BCUT2D eigenvalue weighted by atomic mass is 16.5. The van der Waals surface area contributed by atoms with Crippen LogP contribution in [0.3, 0.4) is 0 Å². The molecule has 122 valence electrons. The lowest BCUT2D eigenvalue weighted by atomic mass is 10.1. The summed E-state index contributed by atoms with van der Waals surface area (Å²) in [6, 6.07) is 15.0. The smallest absolute Gasteiger partial charge is 0.228 e. The van der Waals surface area contributed by atoms with E-state index in [-0.39, 0.29) is 5.91 Å². The molecule has 0 bridgehead atoms. The maximum absolute atomic E-state index is 12.1. The van der Waals surface area contributed by atoms with E-state index in [0.717, 1.165) is 22.7 Å². The van der Waals surface area contributed by atoms with E-state index < -0.39 is 0 Å². The summed E-state index contributed by atoms with van der Waals surface area (Å²) in [5.74, 6) is 0.748. The van der Waals surface area contributed by atoms with Crippen LogP contribution in [0.15, 0.2) is 61.2 Å². The van der Waals surface area contributed by atoms with Gasteiger partial charge in [-0.1, -0.05) is 12.1 Å². The first kappa shape index (κ1) is 15.7. The van der Waals surface area contributed by atoms with Crippen LogP contribution in [-0.2, 0) is 11.2 Å². The zero-order valence-corrected chi connectivity index (χ0v) is 13.3. The fourth-order valence-corrected chi connectivity index (χ4v) is 2.30. The van der Waals surface area contributed by atoms with Gasteiger partial charge >= 0.3 is 0 Å². The minimum Gasteiger partial charge on any atom is -0.494 e. The van der Waals surface area contributed by atoms with Crippen LogP contribution in [0.2, 0.25) is 0 Å². The van der Waals surface area contributed by atoms with E-state index in [1.54, 1.807) is 11.0 Å². The summed E-state index contributed by atoms with van der Waals surface area (Å²) in [6.45, 7) is 2.57. The SMILES string of the molecule is CCOc1ccc(CC(=O)Nc2ccc(-n3cncn3)cc2)cc1. The topological polar surface area (TPSA) is 69.0 Å². The Morgan fingerprint density at radius 3 is 2.50 bits per heavy atom. The molecular weight excluding hydrogens is 304 g/mol. The van der Waals surface area contributed by atoms with Crippen molar-refractivity contribution in [3.8, 4) is 11.4 Å². The summed E-state index contributed by atoms with van der Waals surface area (Å²) in [5, 5.41) is 6.95. The van der Waals surface area contributed by atoms with Gasteiger partial charge in [-0.3, -0.25) is 4.79 Å². The maximum Gasteiger partial charge on any atom is 0.228 e. The van der Waals surface area contributed by atoms with Gasteiger partial charge in [-0.25, -0.2) is 9.67 Å². The number of benzene rings is 2. The number of nitrogens with zero attached hydrogens (tertiary/aromatic N) is 3. The van der Waals surface area contributed by atoms with Crippen LogP contribution in [0, 0.1) is 0 Å². The average Bonchev–Trinajstić information content (AvgIpc) is 3.12. The molecule has 1 aromatic heterocycles. The number of aromatic nitrogens is 3. The summed E-state index contributed by atoms with van der Waals surface area (Å²) in [5.41, 5.74) is 2.57. The third-order valence-corrected chi connectivity index (χ3v) is 3.43. The number of carbonyl (C=O) groups is 1. The van der Waals surface area contributed by atoms with E-state index in [4.69, 9.17) is 4.74 Å². The molecule has 1 heterocycles. The van der Waals surface area contributed by atoms with Crippen molar-refractivity contribution in [1.29, 1.82) is 0 Å². The Labute approximate surface area is 140 Å². The predicted molar refractivity (Wildman–Crippen MR) is 91.3 cm³/mol. The number of amides is 1. The Hall–Kier alpha value is -3.15. The summed E-state index contributed by atoms with van der Waals surface area (Å²) in [7, 11) is 0. The largest absolute Gasteiger partial charge is 0.494 e. The van der Waals surface area contributed by atoms with Gasteiger partial charge in [-0.2, -0.15) is 5.10 Å². The molecule has 0 spiro atoms. The summed E-state index contributed by atoms with van der Waals surface area (Å²) < 4.78 is 7.05. The van der Waals surface area contributed by atoms with Crippen LogP contribution in [0.25, 0.3) is 5.69 Å². The molecule has 24 heavy (non-hydrogen) atoms. The number of ether oxygens (including phenoxy) is 1. The van der Waals surface area contributed by atoms with Gasteiger partial charge in [-0.05, 0) is 48.9 Å². The zero-order chi connectivity index (χ0) is 16.8. The highest BCUT2D eigenvalue weighted by molar-refractivity contribution is 5.92. The van der Waals surface area contributed by atoms with Gasteiger partial charge in [-0.15, -0.1) is 0 Å². The Morgan fingerprint density at radius 2 is 1.88 bits per heavy atom. The van der Waals surface area contributed by atoms with Crippen molar-refractivity contribution in [2.75, 3.05) is 11.9 Å². The van der Waals surface area contributed by atoms with Crippen LogP contribution in [0.5, 0.6) is 5.75 Å². The number of hydrogen-bond donors (Lipinski definition) is 1. The highest BCUT2D eigenvalue weighted by Gasteiger charge is 2.05. The Bertz CT molecular complexity index is 781. The number of anilines is 1. The van der Waals surface area contributed by atoms with Crippen LogP contribution in [0.4, 0.5) is 5.69 Å². The van der Waals surface area contributed by atoms with Gasteiger partial charge in [0.15, 0.2) is 0 Å². The molecule has 6 heteroatoms. The third-order valence-electron chi connectivity index (χ3n) is 3.43. The highest BCUT2D eigenvalue weighted by Crippen LogP contribution is 2.15. The van der Waals surface area contributed by atoms with Crippen molar-refractivity contribution in [3.05, 3.63) is 66.7 Å². The molecule has 0 aliphatic rings. The minimum atomic E-state index is -0.0623. The fraction of sp³-hybridized carbons (Fsp3) is 0.167. The number of hydrogen-bond acceptors (Lipinski definition) is 4. The van der Waals surface area contributed by atoms with Crippen LogP contribution < -0.4 is 10.1 Å². The molecule has 0 aliphatic heterocycles. The number of nitrogens with one attached hydrogen (secondary N) is 1. The van der Waals surface area contributed by atoms with Gasteiger partial charge in [0.05, 0.1) is 18.7 Å². The lowest BCUT2D eigenvalue weighted by Gasteiger charge is -2.07. The first-order valence-corrected chi connectivity index (χ1v) is 7.71. The lowest BCUT2D eigenvalue weighted by Crippen LogP contribution is -2.14. The molecule has 1 N–H and O–H groups in total. The maximum atomic E-state index is 12.1. The van der Waals surface area contributed by atoms with Crippen molar-refractivity contribution in [2.24, 2.45) is 0 Å². The molecule has 0 atom stereocenters. The number of rotatable bonds is 6. The van der Waals surface area contributed by atoms with Crippen molar-refractivity contribution < 1.29 is 9.53 Å². The van der Waals surface area contributed by atoms with Crippen LogP contribution >= 0.6 is 0 Å². The summed E-state index contributed by atoms with van der Waals surface area (Å²) >= 11 is 0. The first-order valence-electron chi connectivity index (χ1n) is 7.71. The molecule has 0 aliphatic carbocycles. The third kappa shape index (κ3) is 3.98. The van der Waals surface area contributed by atoms with E-state index in [2.05, 4.69) is 15.4 Å². The first-order chi connectivity index (χ1) is 11.7. The molecule has 0 saturated heterocycles. The molecule has 3 rings (SSSR count). The fourth-order valence-electron chi connectivity index (χ4n) is 2.30. The Kier molecular flexibility index (Phi) is 4.86. The van der Waals surface area contributed by atoms with E-state index in [1.807, 2.05) is 55.5 Å². The molecule has 0 unspecified atom stereocenters. The molecule has 1 amide bonds. The van der Waals surface area contributed by atoms with Crippen molar-refractivity contribution in [1.82, 2.24) is 14.8 Å². The normalized spacial score (nSPS) is 10.4. The second kappa shape index (κ2) is 7.41. The van der Waals surface area contributed by atoms with E-state index in [9.17, 15) is 4.79 Å². The van der Waals surface area contributed by atoms with E-state index in [0.29, 0.717) is 13.0 Å². The number of carbonyl (C=O) groups excluding carboxylic acids is 1. The van der Waals surface area contributed by atoms with E-state index in [1.165, 1.54) is 6.33 Å². The second-order valence-electron chi connectivity index (χ2n) is 5.19. The summed E-state index contributed by atoms with van der Waals surface area (Å²) in [6.07, 6.45) is 3.42. The molecular formula is C18H18N4O2. The monoisotopic (exact) mass is 322 g/mol. The van der Waals surface area contributed by atoms with Gasteiger partial charge in [0.2, 0.25) is 5.91 Å². The standard InChI is InChI=1S/C18H18N4O2/c1-2-24-17-9-3-14(4-10-17)11-18(23)21-15-5-7-16(8-6-15)22-13-19-12-20-22/h3-10,12-13H,2,11H2,1H3,(H,21,23). The zero-order valence-electron chi connectivity index (χ0n) is 13.3. The van der Waals surface area contributed by atoms with Crippen molar-refractivity contribution in [2.45, 2.75) is 13.3 Å². The van der Waals surface area contributed by atoms with Gasteiger partial charge in [0.25, 0.3) is 0 Å². The average molecular weight is 322 g/mol. The van der Waals surface area contributed by atoms with Gasteiger partial charge < -0.3 is 10.1 Å². The molecule has 0 radical (unpaired) electrons. The quantitative estimate of drug-likeness (QED) is 0.757. The summed E-state index contributed by atoms with van der Waals surface area (Å²) in [4.78, 5) is 16.0. The van der Waals surface area contributed by atoms with Crippen molar-refractivity contribution >= 4 is 11.6 Å². The Balaban J connectivity index is 1.58. The minimum absolute atomic E-state index is 0.0623. The van der Waals surface area contributed by atoms with Gasteiger partial charge in [0.1, 0.15) is 18.4 Å². The molecule has 2 aromatic carbocycles. The van der Waals surface area contributed by atoms with Crippen LogP contribution in [0.1, 0.15) is 12.5 Å². The Morgan fingerprint density at radius 1 is 1.12 bits per heavy atom. The predicted octanol–water partition coefficient (Wildman–Crippen LogP) is 2.85.